The maximum Gasteiger partial charge on any atom is 0.271 e. The van der Waals surface area contributed by atoms with Gasteiger partial charge in [0, 0.05) is 63.3 Å². The van der Waals surface area contributed by atoms with E-state index in [4.69, 9.17) is 0 Å². The minimum absolute atomic E-state index is 0.0579. The highest BCUT2D eigenvalue weighted by molar-refractivity contribution is 5.87. The Morgan fingerprint density at radius 3 is 2.65 bits per heavy atom. The molecule has 2 aromatic rings. The maximum atomic E-state index is 13.0. The van der Waals surface area contributed by atoms with Crippen LogP contribution in [0.2, 0.25) is 0 Å². The Hall–Kier alpha value is -3.13. The van der Waals surface area contributed by atoms with E-state index in [9.17, 15) is 9.59 Å². The summed E-state index contributed by atoms with van der Waals surface area (Å²) in [5, 5.41) is 3.07. The van der Waals surface area contributed by atoms with Gasteiger partial charge in [-0.3, -0.25) is 9.59 Å². The van der Waals surface area contributed by atoms with Crippen LogP contribution in [0.1, 0.15) is 25.7 Å². The van der Waals surface area contributed by atoms with Crippen molar-refractivity contribution in [1.29, 1.82) is 0 Å². The molecule has 0 atom stereocenters. The number of hydrogen-bond acceptors (Lipinski definition) is 6. The number of H-pyrrole nitrogens is 1. The summed E-state index contributed by atoms with van der Waals surface area (Å²) in [6, 6.07) is 6.20. The van der Waals surface area contributed by atoms with E-state index in [-0.39, 0.29) is 17.5 Å². The lowest BCUT2D eigenvalue weighted by molar-refractivity contribution is -0.127. The highest BCUT2D eigenvalue weighted by Crippen LogP contribution is 2.34. The van der Waals surface area contributed by atoms with Crippen molar-refractivity contribution in [2.75, 3.05) is 57.5 Å². The number of pyridine rings is 2. The molecule has 0 bridgehead atoms. The van der Waals surface area contributed by atoms with Crippen LogP contribution >= 0.6 is 0 Å². The lowest BCUT2D eigenvalue weighted by atomic mass is 10.0. The number of nitrogens with zero attached hydrogens (tertiary/aromatic N) is 4. The van der Waals surface area contributed by atoms with Gasteiger partial charge in [-0.2, -0.15) is 0 Å². The van der Waals surface area contributed by atoms with E-state index < -0.39 is 0 Å². The van der Waals surface area contributed by atoms with Crippen LogP contribution in [0.3, 0.4) is 0 Å². The van der Waals surface area contributed by atoms with Crippen molar-refractivity contribution in [3.05, 3.63) is 53.1 Å². The molecule has 1 saturated carbocycles. The Labute approximate surface area is 201 Å². The molecule has 182 valence electrons. The number of carbonyl (C=O) groups excluding carboxylic acids is 1. The van der Waals surface area contributed by atoms with E-state index in [1.807, 2.05) is 55.2 Å². The number of piperidine rings is 1. The normalized spacial score (nSPS) is 16.9. The van der Waals surface area contributed by atoms with Gasteiger partial charge in [0.2, 0.25) is 5.91 Å². The van der Waals surface area contributed by atoms with Gasteiger partial charge in [-0.05, 0) is 69.5 Å². The molecular weight excluding hydrogens is 428 g/mol. The van der Waals surface area contributed by atoms with Crippen LogP contribution in [0.4, 0.5) is 11.5 Å². The van der Waals surface area contributed by atoms with Crippen LogP contribution in [0, 0.1) is 5.92 Å². The summed E-state index contributed by atoms with van der Waals surface area (Å²) in [6.07, 6.45) is 11.3. The van der Waals surface area contributed by atoms with Crippen molar-refractivity contribution in [2.24, 2.45) is 5.92 Å². The van der Waals surface area contributed by atoms with Gasteiger partial charge in [-0.25, -0.2) is 4.98 Å². The molecule has 0 radical (unpaired) electrons. The second-order valence-corrected chi connectivity index (χ2v) is 9.60. The summed E-state index contributed by atoms with van der Waals surface area (Å²) in [7, 11) is 5.82. The molecule has 1 aliphatic carbocycles. The first-order valence-electron chi connectivity index (χ1n) is 12.2. The largest absolute Gasteiger partial charge is 0.373 e. The summed E-state index contributed by atoms with van der Waals surface area (Å²) in [6.45, 7) is 3.07. The van der Waals surface area contributed by atoms with Crippen LogP contribution < -0.4 is 15.8 Å². The lowest BCUT2D eigenvalue weighted by Gasteiger charge is -2.39. The fourth-order valence-corrected chi connectivity index (χ4v) is 4.49. The molecule has 4 rings (SSSR count). The zero-order valence-corrected chi connectivity index (χ0v) is 20.5. The Balaban J connectivity index is 1.51. The molecular formula is C26H36N6O2. The topological polar surface area (TPSA) is 84.6 Å². The molecule has 2 fully saturated rings. The van der Waals surface area contributed by atoms with Crippen LogP contribution in [-0.2, 0) is 4.79 Å². The van der Waals surface area contributed by atoms with Crippen LogP contribution in [0.15, 0.2) is 47.5 Å². The predicted octanol–water partition coefficient (Wildman–Crippen LogP) is 2.80. The first-order chi connectivity index (χ1) is 16.4. The second kappa shape index (κ2) is 10.9. The SMILES string of the molecule is CNc1cc(-c2c[nH]c(=O)c(N(CC3CC3)C3CCN(C(=O)C=CCN(C)C)CC3)c2)ccn1. The zero-order chi connectivity index (χ0) is 24.1. The Kier molecular flexibility index (Phi) is 7.67. The average Bonchev–Trinajstić information content (AvgIpc) is 3.67. The van der Waals surface area contributed by atoms with Crippen molar-refractivity contribution in [1.82, 2.24) is 19.8 Å². The fourth-order valence-electron chi connectivity index (χ4n) is 4.49. The van der Waals surface area contributed by atoms with Crippen LogP contribution in [0.5, 0.6) is 0 Å². The molecule has 8 heteroatoms. The number of aromatic amines is 1. The predicted molar refractivity (Wildman–Crippen MR) is 137 cm³/mol. The third-order valence-corrected chi connectivity index (χ3v) is 6.64. The lowest BCUT2D eigenvalue weighted by Crippen LogP contribution is -2.48. The number of amides is 1. The molecule has 1 aliphatic heterocycles. The molecule has 3 heterocycles. The molecule has 1 saturated heterocycles. The summed E-state index contributed by atoms with van der Waals surface area (Å²) in [5.41, 5.74) is 2.64. The number of anilines is 2. The number of likely N-dealkylation sites (tertiary alicyclic amines) is 1. The van der Waals surface area contributed by atoms with Crippen LogP contribution in [0.25, 0.3) is 11.1 Å². The van der Waals surface area contributed by atoms with Crippen molar-refractivity contribution in [3.8, 4) is 11.1 Å². The third-order valence-electron chi connectivity index (χ3n) is 6.64. The molecule has 2 N–H and O–H groups in total. The molecule has 2 aromatic heterocycles. The molecule has 8 nitrogen and oxygen atoms in total. The summed E-state index contributed by atoms with van der Waals surface area (Å²) < 4.78 is 0. The second-order valence-electron chi connectivity index (χ2n) is 9.60. The smallest absolute Gasteiger partial charge is 0.271 e. The minimum atomic E-state index is -0.0579. The molecule has 2 aliphatic rings. The summed E-state index contributed by atoms with van der Waals surface area (Å²) in [5.74, 6) is 1.51. The first-order valence-corrected chi connectivity index (χ1v) is 12.2. The molecule has 1 amide bonds. The van der Waals surface area contributed by atoms with Crippen molar-refractivity contribution < 1.29 is 4.79 Å². The standard InChI is InChI=1S/C26H36N6O2/c1-27-24-16-20(8-11-28-24)21-15-23(26(34)29-17-21)32(18-19-6-7-19)22-9-13-31(14-10-22)25(33)5-4-12-30(2)3/h4-5,8,11,15-17,19,22H,6-7,9-10,12-14,18H2,1-3H3,(H,27,28)(H,29,34). The number of aromatic nitrogens is 2. The number of nitrogens with one attached hydrogen (secondary N) is 2. The van der Waals surface area contributed by atoms with Gasteiger partial charge >= 0.3 is 0 Å². The maximum absolute atomic E-state index is 13.0. The van der Waals surface area contributed by atoms with Crippen molar-refractivity contribution in [2.45, 2.75) is 31.7 Å². The van der Waals surface area contributed by atoms with Gasteiger partial charge in [0.1, 0.15) is 11.5 Å². The Bertz CT molecular complexity index is 1070. The van der Waals surface area contributed by atoms with E-state index in [1.165, 1.54) is 12.8 Å². The van der Waals surface area contributed by atoms with Crippen molar-refractivity contribution in [3.63, 3.8) is 0 Å². The molecule has 0 unspecified atom stereocenters. The van der Waals surface area contributed by atoms with Crippen LogP contribution in [-0.4, -0.2) is 79.0 Å². The quantitative estimate of drug-likeness (QED) is 0.555. The minimum Gasteiger partial charge on any atom is -0.373 e. The van der Waals surface area contributed by atoms with Gasteiger partial charge in [0.05, 0.1) is 0 Å². The van der Waals surface area contributed by atoms with Gasteiger partial charge < -0.3 is 25.0 Å². The van der Waals surface area contributed by atoms with E-state index in [0.29, 0.717) is 19.0 Å². The van der Waals surface area contributed by atoms with E-state index in [0.717, 1.165) is 48.6 Å². The van der Waals surface area contributed by atoms with E-state index >= 15 is 0 Å². The van der Waals surface area contributed by atoms with E-state index in [1.54, 1.807) is 18.5 Å². The number of hydrogen-bond donors (Lipinski definition) is 2. The summed E-state index contributed by atoms with van der Waals surface area (Å²) in [4.78, 5) is 39.0. The first kappa shape index (κ1) is 24.0. The molecule has 0 spiro atoms. The Morgan fingerprint density at radius 2 is 1.97 bits per heavy atom. The third kappa shape index (κ3) is 6.05. The average molecular weight is 465 g/mol. The number of likely N-dealkylation sites (N-methyl/N-ethyl adjacent to an activating group) is 1. The molecule has 34 heavy (non-hydrogen) atoms. The van der Waals surface area contributed by atoms with E-state index in [2.05, 4.69) is 20.2 Å². The highest BCUT2D eigenvalue weighted by Gasteiger charge is 2.32. The highest BCUT2D eigenvalue weighted by atomic mass is 16.2. The summed E-state index contributed by atoms with van der Waals surface area (Å²) >= 11 is 0. The number of carbonyl (C=O) groups is 1. The van der Waals surface area contributed by atoms with Gasteiger partial charge in [-0.1, -0.05) is 6.08 Å². The van der Waals surface area contributed by atoms with Gasteiger partial charge in [0.15, 0.2) is 0 Å². The zero-order valence-electron chi connectivity index (χ0n) is 20.5. The van der Waals surface area contributed by atoms with Crippen molar-refractivity contribution >= 4 is 17.4 Å². The number of rotatable bonds is 9. The van der Waals surface area contributed by atoms with Gasteiger partial charge in [-0.15, -0.1) is 0 Å². The molecule has 0 aromatic carbocycles. The Morgan fingerprint density at radius 1 is 1.21 bits per heavy atom. The van der Waals surface area contributed by atoms with Gasteiger partial charge in [0.25, 0.3) is 5.56 Å². The fraction of sp³-hybridized carbons (Fsp3) is 0.500. The monoisotopic (exact) mass is 464 g/mol.